The second-order valence-corrected chi connectivity index (χ2v) is 6.71. The van der Waals surface area contributed by atoms with Gasteiger partial charge in [-0.15, -0.1) is 0 Å². The van der Waals surface area contributed by atoms with E-state index in [-0.39, 0.29) is 17.7 Å². The number of benzene rings is 2. The van der Waals surface area contributed by atoms with Crippen molar-refractivity contribution >= 4 is 17.5 Å². The maximum absolute atomic E-state index is 12.4. The average molecular weight is 352 g/mol. The number of hydrogen-bond donors (Lipinski definition) is 2. The molecule has 2 unspecified atom stereocenters. The van der Waals surface area contributed by atoms with Crippen LogP contribution in [0.15, 0.2) is 48.5 Å². The minimum absolute atomic E-state index is 0.0335. The van der Waals surface area contributed by atoms with E-state index in [1.807, 2.05) is 24.3 Å². The molecule has 0 radical (unpaired) electrons. The predicted octanol–water partition coefficient (Wildman–Crippen LogP) is 3.26. The van der Waals surface area contributed by atoms with E-state index in [2.05, 4.69) is 17.6 Å². The number of nitrogens with one attached hydrogen (secondary N) is 2. The highest BCUT2D eigenvalue weighted by Gasteiger charge is 2.39. The molecule has 0 aliphatic heterocycles. The molecule has 0 bridgehead atoms. The van der Waals surface area contributed by atoms with E-state index in [1.54, 1.807) is 31.4 Å². The van der Waals surface area contributed by atoms with Gasteiger partial charge in [-0.25, -0.2) is 0 Å². The Balaban J connectivity index is 1.54. The van der Waals surface area contributed by atoms with Gasteiger partial charge in [0.25, 0.3) is 5.91 Å². The molecule has 2 aromatic rings. The average Bonchev–Trinajstić information content (AvgIpc) is 3.39. The first-order valence-electron chi connectivity index (χ1n) is 8.89. The Bertz CT molecular complexity index is 803. The predicted molar refractivity (Wildman–Crippen MR) is 101 cm³/mol. The van der Waals surface area contributed by atoms with Gasteiger partial charge in [-0.05, 0) is 48.6 Å². The molecule has 0 saturated heterocycles. The maximum Gasteiger partial charge on any atom is 0.251 e. The Morgan fingerprint density at radius 2 is 1.92 bits per heavy atom. The molecule has 1 aliphatic rings. The molecular formula is C21H24N2O3. The fourth-order valence-corrected chi connectivity index (χ4v) is 2.98. The third-order valence-electron chi connectivity index (χ3n) is 4.71. The van der Waals surface area contributed by atoms with Gasteiger partial charge < -0.3 is 15.4 Å². The van der Waals surface area contributed by atoms with Crippen LogP contribution in [0.5, 0.6) is 5.75 Å². The van der Waals surface area contributed by atoms with Crippen LogP contribution in [0.4, 0.5) is 5.69 Å². The van der Waals surface area contributed by atoms with Crippen LogP contribution in [0, 0.1) is 11.8 Å². The quantitative estimate of drug-likeness (QED) is 0.804. The molecule has 1 fully saturated rings. The van der Waals surface area contributed by atoms with Crippen molar-refractivity contribution < 1.29 is 14.3 Å². The molecule has 5 nitrogen and oxygen atoms in total. The largest absolute Gasteiger partial charge is 0.496 e. The fourth-order valence-electron chi connectivity index (χ4n) is 2.98. The molecule has 2 amide bonds. The van der Waals surface area contributed by atoms with Crippen molar-refractivity contribution in [3.8, 4) is 5.75 Å². The summed E-state index contributed by atoms with van der Waals surface area (Å²) in [5.41, 5.74) is 2.24. The summed E-state index contributed by atoms with van der Waals surface area (Å²) in [5, 5.41) is 5.81. The summed E-state index contributed by atoms with van der Waals surface area (Å²) in [7, 11) is 1.64. The van der Waals surface area contributed by atoms with E-state index in [0.29, 0.717) is 30.1 Å². The van der Waals surface area contributed by atoms with Crippen molar-refractivity contribution in [2.45, 2.75) is 19.8 Å². The molecule has 2 N–H and O–H groups in total. The van der Waals surface area contributed by atoms with E-state index >= 15 is 0 Å². The SMILES string of the molecule is COc1ccccc1CCNC(=O)c1cccc(NC(=O)C2CC2C)c1. The summed E-state index contributed by atoms with van der Waals surface area (Å²) < 4.78 is 5.32. The molecule has 1 saturated carbocycles. The molecule has 2 aromatic carbocycles. The van der Waals surface area contributed by atoms with Crippen molar-refractivity contribution in [1.82, 2.24) is 5.32 Å². The number of rotatable bonds is 7. The van der Waals surface area contributed by atoms with Crippen molar-refractivity contribution in [3.63, 3.8) is 0 Å². The zero-order valence-corrected chi connectivity index (χ0v) is 15.1. The topological polar surface area (TPSA) is 67.4 Å². The van der Waals surface area contributed by atoms with Gasteiger partial charge in [0.1, 0.15) is 5.75 Å². The summed E-state index contributed by atoms with van der Waals surface area (Å²) >= 11 is 0. The van der Waals surface area contributed by atoms with E-state index in [1.165, 1.54) is 0 Å². The third-order valence-corrected chi connectivity index (χ3v) is 4.71. The smallest absolute Gasteiger partial charge is 0.251 e. The number of carbonyl (C=O) groups excluding carboxylic acids is 2. The van der Waals surface area contributed by atoms with E-state index in [0.717, 1.165) is 17.7 Å². The van der Waals surface area contributed by atoms with Gasteiger partial charge in [0.15, 0.2) is 0 Å². The van der Waals surface area contributed by atoms with Crippen LogP contribution in [-0.4, -0.2) is 25.5 Å². The van der Waals surface area contributed by atoms with Gasteiger partial charge in [0.2, 0.25) is 5.91 Å². The van der Waals surface area contributed by atoms with E-state index < -0.39 is 0 Å². The number of ether oxygens (including phenoxy) is 1. The zero-order chi connectivity index (χ0) is 18.5. The Hall–Kier alpha value is -2.82. The summed E-state index contributed by atoms with van der Waals surface area (Å²) in [6, 6.07) is 14.8. The van der Waals surface area contributed by atoms with E-state index in [4.69, 9.17) is 4.74 Å². The highest BCUT2D eigenvalue weighted by atomic mass is 16.5. The van der Waals surface area contributed by atoms with Gasteiger partial charge in [0.05, 0.1) is 7.11 Å². The first-order chi connectivity index (χ1) is 12.6. The number of amides is 2. The van der Waals surface area contributed by atoms with Gasteiger partial charge >= 0.3 is 0 Å². The van der Waals surface area contributed by atoms with E-state index in [9.17, 15) is 9.59 Å². The summed E-state index contributed by atoms with van der Waals surface area (Å²) in [5.74, 6) is 1.26. The second kappa shape index (κ2) is 8.04. The maximum atomic E-state index is 12.4. The number of hydrogen-bond acceptors (Lipinski definition) is 3. The zero-order valence-electron chi connectivity index (χ0n) is 15.1. The Morgan fingerprint density at radius 3 is 2.65 bits per heavy atom. The molecule has 136 valence electrons. The van der Waals surface area contributed by atoms with Gasteiger partial charge in [-0.3, -0.25) is 9.59 Å². The van der Waals surface area contributed by atoms with Gasteiger partial charge in [0, 0.05) is 23.7 Å². The number of carbonyl (C=O) groups is 2. The fraction of sp³-hybridized carbons (Fsp3) is 0.333. The normalized spacial score (nSPS) is 18.1. The van der Waals surface area contributed by atoms with Crippen molar-refractivity contribution in [2.24, 2.45) is 11.8 Å². The first kappa shape index (κ1) is 18.0. The molecule has 2 atom stereocenters. The van der Waals surface area contributed by atoms with Crippen molar-refractivity contribution in [3.05, 3.63) is 59.7 Å². The van der Waals surface area contributed by atoms with Crippen LogP contribution in [0.2, 0.25) is 0 Å². The van der Waals surface area contributed by atoms with Crippen molar-refractivity contribution in [2.75, 3.05) is 19.0 Å². The lowest BCUT2D eigenvalue weighted by Crippen LogP contribution is -2.26. The lowest BCUT2D eigenvalue weighted by atomic mass is 10.1. The summed E-state index contributed by atoms with van der Waals surface area (Å²) in [6.45, 7) is 2.57. The Morgan fingerprint density at radius 1 is 1.15 bits per heavy atom. The number of para-hydroxylation sites is 1. The highest BCUT2D eigenvalue weighted by molar-refractivity contribution is 5.98. The Labute approximate surface area is 153 Å². The standard InChI is InChI=1S/C21H24N2O3/c1-14-12-18(14)21(25)23-17-8-5-7-16(13-17)20(24)22-11-10-15-6-3-4-9-19(15)26-2/h3-9,13-14,18H,10-12H2,1-2H3,(H,22,24)(H,23,25). The van der Waals surface area contributed by atoms with Crippen molar-refractivity contribution in [1.29, 1.82) is 0 Å². The molecule has 26 heavy (non-hydrogen) atoms. The van der Waals surface area contributed by atoms with Crippen LogP contribution in [0.25, 0.3) is 0 Å². The number of anilines is 1. The minimum Gasteiger partial charge on any atom is -0.496 e. The molecule has 0 spiro atoms. The molecular weight excluding hydrogens is 328 g/mol. The summed E-state index contributed by atoms with van der Waals surface area (Å²) in [6.07, 6.45) is 1.63. The van der Waals surface area contributed by atoms with Crippen LogP contribution in [0.1, 0.15) is 29.3 Å². The Kier molecular flexibility index (Phi) is 5.56. The monoisotopic (exact) mass is 352 g/mol. The summed E-state index contributed by atoms with van der Waals surface area (Å²) in [4.78, 5) is 24.4. The van der Waals surface area contributed by atoms with Gasteiger partial charge in [-0.1, -0.05) is 31.2 Å². The van der Waals surface area contributed by atoms with Crippen LogP contribution in [0.3, 0.4) is 0 Å². The van der Waals surface area contributed by atoms with Gasteiger partial charge in [-0.2, -0.15) is 0 Å². The molecule has 1 aliphatic carbocycles. The van der Waals surface area contributed by atoms with Crippen LogP contribution < -0.4 is 15.4 Å². The third kappa shape index (κ3) is 4.42. The molecule has 0 heterocycles. The lowest BCUT2D eigenvalue weighted by molar-refractivity contribution is -0.117. The van der Waals surface area contributed by atoms with Crippen LogP contribution >= 0.6 is 0 Å². The molecule has 3 rings (SSSR count). The minimum atomic E-state index is -0.157. The number of methoxy groups -OCH3 is 1. The second-order valence-electron chi connectivity index (χ2n) is 6.71. The lowest BCUT2D eigenvalue weighted by Gasteiger charge is -2.10. The first-order valence-corrected chi connectivity index (χ1v) is 8.89. The highest BCUT2D eigenvalue weighted by Crippen LogP contribution is 2.38. The molecule has 0 aromatic heterocycles. The molecule has 5 heteroatoms. The van der Waals surface area contributed by atoms with Crippen LogP contribution in [-0.2, 0) is 11.2 Å².